The first kappa shape index (κ1) is 17.2. The lowest BCUT2D eigenvalue weighted by atomic mass is 10.0. The van der Waals surface area contributed by atoms with Gasteiger partial charge in [-0.25, -0.2) is 5.06 Å². The molecule has 1 amide bonds. The summed E-state index contributed by atoms with van der Waals surface area (Å²) >= 11 is 0. The second kappa shape index (κ2) is 8.45. The van der Waals surface area contributed by atoms with Crippen molar-refractivity contribution < 1.29 is 9.63 Å². The predicted octanol–water partition coefficient (Wildman–Crippen LogP) is 4.75. The van der Waals surface area contributed by atoms with Gasteiger partial charge in [-0.2, -0.15) is 0 Å². The summed E-state index contributed by atoms with van der Waals surface area (Å²) in [6.07, 6.45) is 1.79. The van der Waals surface area contributed by atoms with Crippen LogP contribution in [0.15, 0.2) is 72.8 Å². The highest BCUT2D eigenvalue weighted by Gasteiger charge is 2.09. The van der Waals surface area contributed by atoms with Crippen LogP contribution in [0, 0.1) is 0 Å². The SMILES string of the molecule is CC(=O)N(CCCc1ccc2ccccc2c1)OCc1ccccc1. The van der Waals surface area contributed by atoms with Crippen molar-refractivity contribution in [2.24, 2.45) is 0 Å². The molecule has 0 saturated heterocycles. The maximum absolute atomic E-state index is 11.8. The average Bonchev–Trinajstić information content (AvgIpc) is 2.65. The van der Waals surface area contributed by atoms with Crippen molar-refractivity contribution in [2.75, 3.05) is 6.54 Å². The van der Waals surface area contributed by atoms with Crippen molar-refractivity contribution in [3.63, 3.8) is 0 Å². The number of hydrogen-bond donors (Lipinski definition) is 0. The summed E-state index contributed by atoms with van der Waals surface area (Å²) in [5.74, 6) is -0.0607. The van der Waals surface area contributed by atoms with E-state index in [0.717, 1.165) is 18.4 Å². The van der Waals surface area contributed by atoms with Crippen molar-refractivity contribution in [1.29, 1.82) is 0 Å². The number of hydroxylamine groups is 2. The van der Waals surface area contributed by atoms with E-state index in [1.54, 1.807) is 6.92 Å². The third kappa shape index (κ3) is 4.91. The lowest BCUT2D eigenvalue weighted by Gasteiger charge is -2.20. The number of rotatable bonds is 7. The fourth-order valence-corrected chi connectivity index (χ4v) is 2.86. The molecule has 0 unspecified atom stereocenters. The van der Waals surface area contributed by atoms with Crippen LogP contribution >= 0.6 is 0 Å². The molecule has 0 aliphatic carbocycles. The van der Waals surface area contributed by atoms with Crippen molar-refractivity contribution in [1.82, 2.24) is 5.06 Å². The summed E-state index contributed by atoms with van der Waals surface area (Å²) in [5.41, 5.74) is 2.34. The first-order valence-electron chi connectivity index (χ1n) is 8.65. The normalized spacial score (nSPS) is 10.8. The average molecular weight is 333 g/mol. The lowest BCUT2D eigenvalue weighted by Crippen LogP contribution is -2.30. The van der Waals surface area contributed by atoms with Crippen LogP contribution in [0.2, 0.25) is 0 Å². The van der Waals surface area contributed by atoms with Crippen LogP contribution in [0.4, 0.5) is 0 Å². The third-order valence-corrected chi connectivity index (χ3v) is 4.22. The zero-order chi connectivity index (χ0) is 17.5. The number of benzene rings is 3. The molecule has 128 valence electrons. The maximum Gasteiger partial charge on any atom is 0.243 e. The van der Waals surface area contributed by atoms with Crippen LogP contribution < -0.4 is 0 Å². The molecule has 0 bridgehead atoms. The Morgan fingerprint density at radius 1 is 0.880 bits per heavy atom. The maximum atomic E-state index is 11.8. The fourth-order valence-electron chi connectivity index (χ4n) is 2.86. The summed E-state index contributed by atoms with van der Waals surface area (Å²) in [4.78, 5) is 17.5. The minimum absolute atomic E-state index is 0.0607. The van der Waals surface area contributed by atoms with Crippen LogP contribution in [0.3, 0.4) is 0 Å². The second-order valence-electron chi connectivity index (χ2n) is 6.17. The molecule has 0 heterocycles. The van der Waals surface area contributed by atoms with E-state index in [9.17, 15) is 4.79 Å². The van der Waals surface area contributed by atoms with Gasteiger partial charge in [0.1, 0.15) is 6.61 Å². The molecule has 0 radical (unpaired) electrons. The topological polar surface area (TPSA) is 29.5 Å². The molecule has 0 atom stereocenters. The molecule has 25 heavy (non-hydrogen) atoms. The van der Waals surface area contributed by atoms with Gasteiger partial charge in [-0.15, -0.1) is 0 Å². The molecule has 0 N–H and O–H groups in total. The van der Waals surface area contributed by atoms with Gasteiger partial charge in [0.15, 0.2) is 0 Å². The highest BCUT2D eigenvalue weighted by Crippen LogP contribution is 2.17. The summed E-state index contributed by atoms with van der Waals surface area (Å²) in [7, 11) is 0. The Labute approximate surface area is 148 Å². The van der Waals surface area contributed by atoms with E-state index in [-0.39, 0.29) is 5.91 Å². The highest BCUT2D eigenvalue weighted by molar-refractivity contribution is 5.83. The Hall–Kier alpha value is -2.65. The smallest absolute Gasteiger partial charge is 0.243 e. The lowest BCUT2D eigenvalue weighted by molar-refractivity contribution is -0.189. The predicted molar refractivity (Wildman–Crippen MR) is 101 cm³/mol. The Balaban J connectivity index is 1.53. The van der Waals surface area contributed by atoms with Gasteiger partial charge in [-0.3, -0.25) is 9.63 Å². The van der Waals surface area contributed by atoms with Gasteiger partial charge < -0.3 is 0 Å². The molecule has 0 aliphatic heterocycles. The van der Waals surface area contributed by atoms with Gasteiger partial charge in [0, 0.05) is 13.5 Å². The third-order valence-electron chi connectivity index (χ3n) is 4.22. The van der Waals surface area contributed by atoms with Crippen LogP contribution in [0.25, 0.3) is 10.8 Å². The van der Waals surface area contributed by atoms with Gasteiger partial charge in [0.05, 0.1) is 0 Å². The van der Waals surface area contributed by atoms with E-state index in [1.165, 1.54) is 21.4 Å². The van der Waals surface area contributed by atoms with Gasteiger partial charge in [-0.1, -0.05) is 72.8 Å². The monoisotopic (exact) mass is 333 g/mol. The minimum Gasteiger partial charge on any atom is -0.273 e. The van der Waals surface area contributed by atoms with E-state index in [4.69, 9.17) is 4.84 Å². The van der Waals surface area contributed by atoms with Crippen molar-refractivity contribution >= 4 is 16.7 Å². The van der Waals surface area contributed by atoms with Crippen molar-refractivity contribution in [3.05, 3.63) is 83.9 Å². The Bertz CT molecular complexity index is 830. The number of fused-ring (bicyclic) bond motifs is 1. The van der Waals surface area contributed by atoms with Crippen molar-refractivity contribution in [2.45, 2.75) is 26.4 Å². The summed E-state index contributed by atoms with van der Waals surface area (Å²) < 4.78 is 0. The van der Waals surface area contributed by atoms with E-state index in [1.807, 2.05) is 30.3 Å². The second-order valence-corrected chi connectivity index (χ2v) is 6.17. The molecule has 3 aromatic carbocycles. The number of carbonyl (C=O) groups excluding carboxylic acids is 1. The molecule has 3 rings (SSSR count). The molecule has 0 saturated carbocycles. The number of hydrogen-bond acceptors (Lipinski definition) is 2. The standard InChI is InChI=1S/C22H23NO2/c1-18(24)23(25-17-20-8-3-2-4-9-20)15-7-10-19-13-14-21-11-5-6-12-22(21)16-19/h2-6,8-9,11-14,16H,7,10,15,17H2,1H3. The van der Waals surface area contributed by atoms with Gasteiger partial charge in [0.2, 0.25) is 5.91 Å². The molecule has 0 aromatic heterocycles. The van der Waals surface area contributed by atoms with E-state index >= 15 is 0 Å². The number of nitrogens with zero attached hydrogens (tertiary/aromatic N) is 1. The van der Waals surface area contributed by atoms with Gasteiger partial charge in [-0.05, 0) is 34.7 Å². The minimum atomic E-state index is -0.0607. The zero-order valence-electron chi connectivity index (χ0n) is 14.5. The molecule has 3 nitrogen and oxygen atoms in total. The molecular formula is C22H23NO2. The first-order valence-corrected chi connectivity index (χ1v) is 8.65. The first-order chi connectivity index (χ1) is 12.2. The van der Waals surface area contributed by atoms with Crippen LogP contribution in [-0.2, 0) is 22.7 Å². The van der Waals surface area contributed by atoms with Crippen molar-refractivity contribution in [3.8, 4) is 0 Å². The Morgan fingerprint density at radius 3 is 2.36 bits per heavy atom. The summed E-state index contributed by atoms with van der Waals surface area (Å²) in [6.45, 7) is 2.55. The molecule has 3 heteroatoms. The van der Waals surface area contributed by atoms with E-state index in [0.29, 0.717) is 13.2 Å². The van der Waals surface area contributed by atoms with Gasteiger partial charge >= 0.3 is 0 Å². The molecular weight excluding hydrogens is 310 g/mol. The Morgan fingerprint density at radius 2 is 1.60 bits per heavy atom. The van der Waals surface area contributed by atoms with E-state index < -0.39 is 0 Å². The summed E-state index contributed by atoms with van der Waals surface area (Å²) in [5, 5.41) is 3.97. The largest absolute Gasteiger partial charge is 0.273 e. The van der Waals surface area contributed by atoms with E-state index in [2.05, 4.69) is 42.5 Å². The fraction of sp³-hybridized carbons (Fsp3) is 0.227. The van der Waals surface area contributed by atoms with Crippen LogP contribution in [-0.4, -0.2) is 17.5 Å². The zero-order valence-corrected chi connectivity index (χ0v) is 14.5. The Kier molecular flexibility index (Phi) is 5.81. The molecule has 0 spiro atoms. The summed E-state index contributed by atoms with van der Waals surface area (Å²) in [6, 6.07) is 24.8. The number of aryl methyl sites for hydroxylation is 1. The van der Waals surface area contributed by atoms with Crippen LogP contribution in [0.5, 0.6) is 0 Å². The molecule has 0 aliphatic rings. The van der Waals surface area contributed by atoms with Gasteiger partial charge in [0.25, 0.3) is 0 Å². The molecule has 0 fully saturated rings. The highest BCUT2D eigenvalue weighted by atomic mass is 16.7. The number of carbonyl (C=O) groups is 1. The molecule has 3 aromatic rings. The number of amides is 1. The van der Waals surface area contributed by atoms with Crippen LogP contribution in [0.1, 0.15) is 24.5 Å². The quantitative estimate of drug-likeness (QED) is 0.584.